The Kier molecular flexibility index (Phi) is 12.4. The quantitative estimate of drug-likeness (QED) is 0.207. The molecular weight excluding hydrogens is 687 g/mol. The Morgan fingerprint density at radius 1 is 0.829 bits per heavy atom. The van der Waals surface area contributed by atoms with Gasteiger partial charge in [-0.3, -0.25) is 4.79 Å². The van der Waals surface area contributed by atoms with Crippen LogP contribution in [0, 0.1) is 11.3 Å². The molecular formula is C32H30Br2Cl2N4O. The van der Waals surface area contributed by atoms with E-state index < -0.39 is 0 Å². The van der Waals surface area contributed by atoms with Crippen molar-refractivity contribution in [1.82, 2.24) is 15.3 Å². The Bertz CT molecular complexity index is 1550. The van der Waals surface area contributed by atoms with Crippen LogP contribution in [0.5, 0.6) is 0 Å². The molecule has 41 heavy (non-hydrogen) atoms. The molecule has 0 aliphatic carbocycles. The minimum absolute atomic E-state index is 0.147. The highest BCUT2D eigenvalue weighted by Gasteiger charge is 2.19. The zero-order valence-electron chi connectivity index (χ0n) is 23.0. The first-order valence-electron chi connectivity index (χ1n) is 12.9. The molecule has 0 saturated heterocycles. The van der Waals surface area contributed by atoms with Crippen molar-refractivity contribution >= 4 is 61.0 Å². The first-order valence-corrected chi connectivity index (χ1v) is 15.3. The van der Waals surface area contributed by atoms with Crippen LogP contribution in [0.2, 0.25) is 10.0 Å². The van der Waals surface area contributed by atoms with Gasteiger partial charge in [0.05, 0.1) is 0 Å². The third-order valence-electron chi connectivity index (χ3n) is 5.82. The normalized spacial score (nSPS) is 10.8. The maximum Gasteiger partial charge on any atom is 0.270 e. The number of pyridine rings is 2. The van der Waals surface area contributed by atoms with E-state index in [1.54, 1.807) is 12.4 Å². The lowest BCUT2D eigenvalue weighted by Gasteiger charge is -2.21. The molecule has 0 spiro atoms. The summed E-state index contributed by atoms with van der Waals surface area (Å²) in [5.74, 6) is -0.147. The van der Waals surface area contributed by atoms with Crippen LogP contribution in [0.3, 0.4) is 0 Å². The number of carbonyl (C=O) groups excluding carboxylic acids is 1. The molecule has 212 valence electrons. The number of nitriles is 1. The van der Waals surface area contributed by atoms with Crippen LogP contribution >= 0.6 is 55.1 Å². The van der Waals surface area contributed by atoms with Gasteiger partial charge in [0.25, 0.3) is 5.91 Å². The molecule has 0 fully saturated rings. The van der Waals surface area contributed by atoms with Gasteiger partial charge in [-0.1, -0.05) is 47.5 Å². The first-order chi connectivity index (χ1) is 19.4. The SMILES string of the molecule is CC(C)(C)NC(=O)c1ncc(Br)cc1CCc1cccc(Cl)c1.N#Cc1ncc(Br)cc1CCc1cccc(Cl)c1. The van der Waals surface area contributed by atoms with Gasteiger partial charge in [-0.15, -0.1) is 0 Å². The van der Waals surface area contributed by atoms with Crippen molar-refractivity contribution in [2.75, 3.05) is 0 Å². The molecule has 0 bridgehead atoms. The number of nitrogens with one attached hydrogen (secondary N) is 1. The zero-order chi connectivity index (χ0) is 30.0. The molecule has 1 amide bonds. The Hall–Kier alpha value is -2.76. The second kappa shape index (κ2) is 15.5. The predicted octanol–water partition coefficient (Wildman–Crippen LogP) is 8.97. The standard InChI is InChI=1S/C18H20BrClN2O.C14H10BrClN2/c1-18(2,3)22-17(23)16-13(10-14(19)11-21-16)8-7-12-5-4-6-15(20)9-12;15-12-7-11(14(8-17)18-9-12)5-4-10-2-1-3-13(16)6-10/h4-6,9-11H,7-8H2,1-3H3,(H,22,23);1-3,6-7,9H,4-5H2. The Labute approximate surface area is 268 Å². The molecule has 0 unspecified atom stereocenters. The molecule has 2 aromatic carbocycles. The van der Waals surface area contributed by atoms with E-state index in [4.69, 9.17) is 28.5 Å². The summed E-state index contributed by atoms with van der Waals surface area (Å²) in [5.41, 5.74) is 4.83. The number of nitrogens with zero attached hydrogens (tertiary/aromatic N) is 3. The molecule has 0 aliphatic rings. The zero-order valence-corrected chi connectivity index (χ0v) is 27.7. The third kappa shape index (κ3) is 11.2. The summed E-state index contributed by atoms with van der Waals surface area (Å²) in [6.45, 7) is 5.86. The number of carbonyl (C=O) groups is 1. The van der Waals surface area contributed by atoms with Crippen molar-refractivity contribution in [3.63, 3.8) is 0 Å². The fourth-order valence-corrected chi connectivity index (χ4v) is 5.17. The molecule has 0 radical (unpaired) electrons. The first kappa shape index (κ1) is 32.8. The van der Waals surface area contributed by atoms with Crippen LogP contribution in [0.4, 0.5) is 0 Å². The summed E-state index contributed by atoms with van der Waals surface area (Å²) in [5, 5.41) is 13.4. The maximum atomic E-state index is 12.4. The van der Waals surface area contributed by atoms with Crippen molar-refractivity contribution in [1.29, 1.82) is 5.26 Å². The van der Waals surface area contributed by atoms with Gasteiger partial charge >= 0.3 is 0 Å². The van der Waals surface area contributed by atoms with E-state index in [2.05, 4.69) is 53.2 Å². The summed E-state index contributed by atoms with van der Waals surface area (Å²) in [6, 6.07) is 21.5. The van der Waals surface area contributed by atoms with E-state index in [0.29, 0.717) is 11.4 Å². The summed E-state index contributed by atoms with van der Waals surface area (Å²) in [4.78, 5) is 20.8. The summed E-state index contributed by atoms with van der Waals surface area (Å²) < 4.78 is 1.76. The molecule has 2 heterocycles. The minimum Gasteiger partial charge on any atom is -0.346 e. The topological polar surface area (TPSA) is 78.7 Å². The van der Waals surface area contributed by atoms with Crippen LogP contribution in [0.25, 0.3) is 0 Å². The lowest BCUT2D eigenvalue weighted by molar-refractivity contribution is 0.0913. The van der Waals surface area contributed by atoms with Crippen LogP contribution in [0.1, 0.15) is 59.2 Å². The van der Waals surface area contributed by atoms with Crippen LogP contribution in [-0.4, -0.2) is 21.4 Å². The van der Waals surface area contributed by atoms with E-state index in [1.807, 2.05) is 81.4 Å². The van der Waals surface area contributed by atoms with Crippen molar-refractivity contribution in [3.05, 3.63) is 126 Å². The Morgan fingerprint density at radius 3 is 1.85 bits per heavy atom. The molecule has 5 nitrogen and oxygen atoms in total. The van der Waals surface area contributed by atoms with Gasteiger partial charge in [-0.05, 0) is 137 Å². The number of rotatable bonds is 7. The van der Waals surface area contributed by atoms with Gasteiger partial charge < -0.3 is 5.32 Å². The van der Waals surface area contributed by atoms with Crippen LogP contribution in [-0.2, 0) is 25.7 Å². The third-order valence-corrected chi connectivity index (χ3v) is 7.16. The fourth-order valence-electron chi connectivity index (χ4n) is 3.99. The number of aryl methyl sites for hydroxylation is 4. The summed E-state index contributed by atoms with van der Waals surface area (Å²) in [7, 11) is 0. The lowest BCUT2D eigenvalue weighted by Crippen LogP contribution is -2.41. The van der Waals surface area contributed by atoms with E-state index >= 15 is 0 Å². The van der Waals surface area contributed by atoms with Gasteiger partial charge in [0.15, 0.2) is 0 Å². The van der Waals surface area contributed by atoms with Gasteiger partial charge in [0, 0.05) is 36.9 Å². The minimum atomic E-state index is -0.296. The average Bonchev–Trinajstić information content (AvgIpc) is 2.90. The van der Waals surface area contributed by atoms with Gasteiger partial charge in [0.1, 0.15) is 17.5 Å². The summed E-state index contributed by atoms with van der Waals surface area (Å²) >= 11 is 18.8. The monoisotopic (exact) mass is 714 g/mol. The van der Waals surface area contributed by atoms with Crippen molar-refractivity contribution in [2.45, 2.75) is 52.0 Å². The lowest BCUT2D eigenvalue weighted by atomic mass is 10.0. The molecule has 0 atom stereocenters. The highest BCUT2D eigenvalue weighted by atomic mass is 79.9. The van der Waals surface area contributed by atoms with Gasteiger partial charge in [-0.25, -0.2) is 9.97 Å². The smallest absolute Gasteiger partial charge is 0.270 e. The van der Waals surface area contributed by atoms with E-state index in [9.17, 15) is 4.79 Å². The number of hydrogen-bond donors (Lipinski definition) is 1. The maximum absolute atomic E-state index is 12.4. The molecule has 1 N–H and O–H groups in total. The number of benzene rings is 2. The van der Waals surface area contributed by atoms with Gasteiger partial charge in [-0.2, -0.15) is 5.26 Å². The molecule has 0 aliphatic heterocycles. The number of amides is 1. The number of aromatic nitrogens is 2. The molecule has 0 saturated carbocycles. The van der Waals surface area contributed by atoms with Crippen LogP contribution < -0.4 is 5.32 Å². The second-order valence-electron chi connectivity index (χ2n) is 10.4. The Balaban J connectivity index is 0.000000232. The van der Waals surface area contributed by atoms with E-state index in [-0.39, 0.29) is 11.4 Å². The molecule has 4 aromatic rings. The van der Waals surface area contributed by atoms with Crippen molar-refractivity contribution < 1.29 is 4.79 Å². The van der Waals surface area contributed by atoms with Crippen LogP contribution in [0.15, 0.2) is 82.0 Å². The van der Waals surface area contributed by atoms with E-state index in [1.165, 1.54) is 0 Å². The van der Waals surface area contributed by atoms with Crippen molar-refractivity contribution in [3.8, 4) is 6.07 Å². The number of hydrogen-bond acceptors (Lipinski definition) is 4. The highest BCUT2D eigenvalue weighted by molar-refractivity contribution is 9.10. The van der Waals surface area contributed by atoms with Gasteiger partial charge in [0.2, 0.25) is 0 Å². The average molecular weight is 717 g/mol. The van der Waals surface area contributed by atoms with E-state index in [0.717, 1.165) is 66.9 Å². The summed E-state index contributed by atoms with van der Waals surface area (Å²) in [6.07, 6.45) is 6.43. The Morgan fingerprint density at radius 2 is 1.34 bits per heavy atom. The second-order valence-corrected chi connectivity index (χ2v) is 13.1. The number of halogens is 4. The van der Waals surface area contributed by atoms with Crippen molar-refractivity contribution in [2.24, 2.45) is 0 Å². The predicted molar refractivity (Wildman–Crippen MR) is 174 cm³/mol. The fraction of sp³-hybridized carbons (Fsp3) is 0.250. The largest absolute Gasteiger partial charge is 0.346 e. The molecule has 4 rings (SSSR count). The highest BCUT2D eigenvalue weighted by Crippen LogP contribution is 2.20. The molecule has 2 aromatic heterocycles. The molecule has 9 heteroatoms.